The highest BCUT2D eigenvalue weighted by atomic mass is 32.1. The van der Waals surface area contributed by atoms with Gasteiger partial charge in [0.25, 0.3) is 0 Å². The number of nitrogens with zero attached hydrogens (tertiary/aromatic N) is 2. The van der Waals surface area contributed by atoms with Gasteiger partial charge in [0.15, 0.2) is 5.82 Å². The van der Waals surface area contributed by atoms with Crippen molar-refractivity contribution in [3.05, 3.63) is 217 Å². The second-order valence-corrected chi connectivity index (χ2v) is 18.0. The molecule has 0 spiro atoms. The minimum Gasteiger partial charge on any atom is -0.228 e. The zero-order valence-corrected chi connectivity index (χ0v) is 35.2. The van der Waals surface area contributed by atoms with Crippen molar-refractivity contribution >= 4 is 42.3 Å². The summed E-state index contributed by atoms with van der Waals surface area (Å²) in [6.07, 6.45) is 0. The zero-order chi connectivity index (χ0) is 41.4. The molecule has 0 radical (unpaired) electrons. The number of fused-ring (bicyclic) bond motifs is 8. The van der Waals surface area contributed by atoms with Gasteiger partial charge in [0.2, 0.25) is 0 Å². The van der Waals surface area contributed by atoms with Crippen LogP contribution in [-0.4, -0.2) is 9.97 Å². The minimum atomic E-state index is -0.166. The van der Waals surface area contributed by atoms with E-state index in [0.29, 0.717) is 5.82 Å². The zero-order valence-electron chi connectivity index (χ0n) is 34.4. The van der Waals surface area contributed by atoms with Crippen molar-refractivity contribution in [1.29, 1.82) is 0 Å². The van der Waals surface area contributed by atoms with Gasteiger partial charge < -0.3 is 0 Å². The van der Waals surface area contributed by atoms with Gasteiger partial charge in [-0.15, -0.1) is 11.3 Å². The van der Waals surface area contributed by atoms with Crippen LogP contribution in [0, 0.1) is 0 Å². The molecule has 0 saturated carbocycles. The molecule has 9 aromatic carbocycles. The summed E-state index contributed by atoms with van der Waals surface area (Å²) >= 11 is 1.86. The van der Waals surface area contributed by atoms with Crippen molar-refractivity contribution in [1.82, 2.24) is 9.97 Å². The maximum absolute atomic E-state index is 5.37. The Kier molecular flexibility index (Phi) is 8.41. The van der Waals surface area contributed by atoms with E-state index in [4.69, 9.17) is 9.97 Å². The lowest BCUT2D eigenvalue weighted by atomic mass is 9.79. The Hall–Kier alpha value is -7.46. The Morgan fingerprint density at radius 2 is 1.00 bits per heavy atom. The van der Waals surface area contributed by atoms with Crippen molar-refractivity contribution in [3.63, 3.8) is 0 Å². The van der Waals surface area contributed by atoms with E-state index in [1.165, 1.54) is 64.3 Å². The topological polar surface area (TPSA) is 25.8 Å². The van der Waals surface area contributed by atoms with E-state index in [-0.39, 0.29) is 5.41 Å². The highest BCUT2D eigenvalue weighted by Gasteiger charge is 2.37. The van der Waals surface area contributed by atoms with E-state index in [1.807, 2.05) is 17.4 Å². The van der Waals surface area contributed by atoms with E-state index in [1.54, 1.807) is 0 Å². The molecule has 0 atom stereocenters. The number of benzene rings is 9. The first kappa shape index (κ1) is 36.4. The highest BCUT2D eigenvalue weighted by molar-refractivity contribution is 7.26. The molecule has 0 aliphatic heterocycles. The van der Waals surface area contributed by atoms with Gasteiger partial charge in [-0.1, -0.05) is 184 Å². The fraction of sp³-hybridized carbons (Fsp3) is 0.0508. The highest BCUT2D eigenvalue weighted by Crippen LogP contribution is 2.52. The van der Waals surface area contributed by atoms with Gasteiger partial charge in [-0.3, -0.25) is 0 Å². The summed E-state index contributed by atoms with van der Waals surface area (Å²) in [4.78, 5) is 10.7. The molecule has 1 aliphatic carbocycles. The van der Waals surface area contributed by atoms with Gasteiger partial charge in [-0.05, 0) is 103 Å². The molecule has 0 amide bonds. The van der Waals surface area contributed by atoms with Crippen LogP contribution in [0.4, 0.5) is 0 Å². The molecule has 0 N–H and O–H groups in total. The molecule has 2 nitrogen and oxygen atoms in total. The third-order valence-electron chi connectivity index (χ3n) is 12.9. The fourth-order valence-electron chi connectivity index (χ4n) is 9.88. The molecule has 0 bridgehead atoms. The number of rotatable bonds is 6. The molecule has 62 heavy (non-hydrogen) atoms. The van der Waals surface area contributed by atoms with Crippen molar-refractivity contribution in [2.75, 3.05) is 0 Å². The summed E-state index contributed by atoms with van der Waals surface area (Å²) in [5.74, 6) is 0.698. The average molecular weight is 809 g/mol. The lowest BCUT2D eigenvalue weighted by Gasteiger charge is -2.24. The lowest BCUT2D eigenvalue weighted by Crippen LogP contribution is -2.15. The van der Waals surface area contributed by atoms with Crippen molar-refractivity contribution in [2.24, 2.45) is 0 Å². The first-order valence-corrected chi connectivity index (χ1v) is 22.1. The summed E-state index contributed by atoms with van der Waals surface area (Å²) in [6, 6.07) is 74.8. The minimum absolute atomic E-state index is 0.166. The second-order valence-electron chi connectivity index (χ2n) is 16.9. The average Bonchev–Trinajstić information content (AvgIpc) is 3.83. The molecular weight excluding hydrogens is 769 g/mol. The molecule has 1 aliphatic rings. The van der Waals surface area contributed by atoms with Gasteiger partial charge >= 0.3 is 0 Å². The lowest BCUT2D eigenvalue weighted by molar-refractivity contribution is 0.666. The molecule has 2 heterocycles. The van der Waals surface area contributed by atoms with Crippen LogP contribution < -0.4 is 0 Å². The molecule has 0 unspecified atom stereocenters. The molecule has 0 fully saturated rings. The van der Waals surface area contributed by atoms with Crippen LogP contribution in [-0.2, 0) is 5.41 Å². The van der Waals surface area contributed by atoms with E-state index in [2.05, 4.69) is 214 Å². The summed E-state index contributed by atoms with van der Waals surface area (Å²) in [5, 5.41) is 5.19. The number of hydrogen-bond acceptors (Lipinski definition) is 3. The van der Waals surface area contributed by atoms with Crippen LogP contribution in [0.3, 0.4) is 0 Å². The van der Waals surface area contributed by atoms with Crippen molar-refractivity contribution in [3.8, 4) is 78.4 Å². The van der Waals surface area contributed by atoms with Crippen LogP contribution in [0.25, 0.3) is 109 Å². The molecule has 12 rings (SSSR count). The molecule has 2 aromatic heterocycles. The predicted octanol–water partition coefficient (Wildman–Crippen LogP) is 16.3. The van der Waals surface area contributed by atoms with Crippen LogP contribution in [0.2, 0.25) is 0 Å². The van der Waals surface area contributed by atoms with Crippen LogP contribution in [0.1, 0.15) is 25.0 Å². The van der Waals surface area contributed by atoms with Crippen LogP contribution in [0.5, 0.6) is 0 Å². The first-order valence-electron chi connectivity index (χ1n) is 21.3. The monoisotopic (exact) mass is 808 g/mol. The van der Waals surface area contributed by atoms with Gasteiger partial charge in [0, 0.05) is 42.3 Å². The standard InChI is InChI=1S/C59H40N2S/c1-59(2)52-35-40(29-30-47(52)50-31-28-38-18-9-10-22-45(38)56(50)59)44-21-11-12-23-48(44)54-36-53(60-58(61-54)39-19-7-4-8-20-39)43-33-41(37-16-5-3-6-17-37)32-42(34-43)46-25-15-26-51-49-24-13-14-27-55(49)62-57(46)51/h3-36H,1-2H3. The Morgan fingerprint density at radius 1 is 0.371 bits per heavy atom. The largest absolute Gasteiger partial charge is 0.228 e. The van der Waals surface area contributed by atoms with E-state index in [9.17, 15) is 0 Å². The smallest absolute Gasteiger partial charge is 0.160 e. The maximum Gasteiger partial charge on any atom is 0.160 e. The SMILES string of the molecule is CC1(C)c2cc(-c3ccccc3-c3cc(-c4cc(-c5ccccc5)cc(-c5cccc6c5sc5ccccc56)c4)nc(-c4ccccc4)n3)ccc2-c2ccc3ccccc3c21. The number of hydrogen-bond donors (Lipinski definition) is 0. The van der Waals surface area contributed by atoms with Crippen LogP contribution in [0.15, 0.2) is 206 Å². The molecule has 0 saturated heterocycles. The van der Waals surface area contributed by atoms with Crippen molar-refractivity contribution < 1.29 is 0 Å². The summed E-state index contributed by atoms with van der Waals surface area (Å²) in [7, 11) is 0. The van der Waals surface area contributed by atoms with Gasteiger partial charge in [0.05, 0.1) is 11.4 Å². The summed E-state index contributed by atoms with van der Waals surface area (Å²) in [6.45, 7) is 4.75. The third kappa shape index (κ3) is 5.92. The van der Waals surface area contributed by atoms with Gasteiger partial charge in [-0.2, -0.15) is 0 Å². The maximum atomic E-state index is 5.37. The summed E-state index contributed by atoms with van der Waals surface area (Å²) < 4.78 is 2.59. The van der Waals surface area contributed by atoms with E-state index >= 15 is 0 Å². The molecule has 3 heteroatoms. The number of aromatic nitrogens is 2. The Bertz CT molecular complexity index is 3540. The second kappa shape index (κ2) is 14.3. The van der Waals surface area contributed by atoms with Crippen molar-refractivity contribution in [2.45, 2.75) is 19.3 Å². The molecule has 11 aromatic rings. The summed E-state index contributed by atoms with van der Waals surface area (Å²) in [5.41, 5.74) is 17.1. The molecule has 292 valence electrons. The fourth-order valence-corrected chi connectivity index (χ4v) is 11.1. The Labute approximate surface area is 365 Å². The third-order valence-corrected chi connectivity index (χ3v) is 14.1. The van der Waals surface area contributed by atoms with Crippen LogP contribution >= 0.6 is 11.3 Å². The Balaban J connectivity index is 1.05. The van der Waals surface area contributed by atoms with Gasteiger partial charge in [0.1, 0.15) is 0 Å². The van der Waals surface area contributed by atoms with E-state index < -0.39 is 0 Å². The predicted molar refractivity (Wildman–Crippen MR) is 263 cm³/mol. The quantitative estimate of drug-likeness (QED) is 0.167. The van der Waals surface area contributed by atoms with E-state index in [0.717, 1.165) is 50.3 Å². The number of thiophene rings is 1. The molecular formula is C59H40N2S. The first-order chi connectivity index (χ1) is 30.5. The normalized spacial score (nSPS) is 12.8. The Morgan fingerprint density at radius 3 is 1.84 bits per heavy atom. The van der Waals surface area contributed by atoms with Gasteiger partial charge in [-0.25, -0.2) is 9.97 Å².